The van der Waals surface area contributed by atoms with Crippen LogP contribution in [-0.2, 0) is 4.57 Å². The molecule has 0 heterocycles. The average Bonchev–Trinajstić information content (AvgIpc) is 2.69. The molecule has 2 nitrogen and oxygen atoms in total. The van der Waals surface area contributed by atoms with Crippen LogP contribution < -0.4 is 0 Å². The van der Waals surface area contributed by atoms with Gasteiger partial charge in [-0.15, -0.1) is 0 Å². The third-order valence-electron chi connectivity index (χ3n) is 4.09. The van der Waals surface area contributed by atoms with Crippen LogP contribution in [0, 0.1) is 0 Å². The molecule has 0 atom stereocenters. The summed E-state index contributed by atoms with van der Waals surface area (Å²) in [4.78, 5) is 6.99. The lowest BCUT2D eigenvalue weighted by molar-refractivity contribution is 0.524. The zero-order valence-corrected chi connectivity index (χ0v) is 14.4. The monoisotopic (exact) mass is 344 g/mol. The highest BCUT2D eigenvalue weighted by molar-refractivity contribution is 7.16. The predicted molar refractivity (Wildman–Crippen MR) is 105 cm³/mol. The molecule has 3 heteroatoms. The van der Waals surface area contributed by atoms with Crippen molar-refractivity contribution in [3.05, 3.63) is 97.1 Å². The molecular formula is C22H17O2P. The smallest absolute Gasteiger partial charge is 0.310 e. The minimum absolute atomic E-state index is 0.833. The molecule has 0 saturated carbocycles. The van der Waals surface area contributed by atoms with Crippen molar-refractivity contribution in [1.29, 1.82) is 0 Å². The second kappa shape index (κ2) is 8.34. The quantitative estimate of drug-likeness (QED) is 0.430. The van der Waals surface area contributed by atoms with Gasteiger partial charge in [0.25, 0.3) is 0 Å². The molecule has 0 spiro atoms. The molecule has 122 valence electrons. The SMILES string of the molecule is O=PO.c1ccc(-c2ccccc2-c2cccc3ccccc23)cc1. The van der Waals surface area contributed by atoms with Crippen molar-refractivity contribution in [1.82, 2.24) is 0 Å². The molecule has 4 rings (SSSR count). The molecule has 0 amide bonds. The molecule has 0 aliphatic heterocycles. The Kier molecular flexibility index (Phi) is 5.69. The lowest BCUT2D eigenvalue weighted by Gasteiger charge is -2.12. The molecule has 0 aromatic heterocycles. The molecule has 0 fully saturated rings. The van der Waals surface area contributed by atoms with Crippen LogP contribution in [-0.4, -0.2) is 4.89 Å². The summed E-state index contributed by atoms with van der Waals surface area (Å²) in [5.74, 6) is 0. The minimum Gasteiger partial charge on any atom is -0.310 e. The van der Waals surface area contributed by atoms with Crippen molar-refractivity contribution < 1.29 is 9.46 Å². The largest absolute Gasteiger partial charge is 0.324 e. The molecular weight excluding hydrogens is 327 g/mol. The lowest BCUT2D eigenvalue weighted by atomic mass is 9.91. The van der Waals surface area contributed by atoms with Gasteiger partial charge in [0.1, 0.15) is 0 Å². The minimum atomic E-state index is -0.833. The van der Waals surface area contributed by atoms with Gasteiger partial charge < -0.3 is 4.89 Å². The van der Waals surface area contributed by atoms with Gasteiger partial charge in [0, 0.05) is 0 Å². The highest BCUT2D eigenvalue weighted by atomic mass is 31.1. The standard InChI is InChI=1S/C22H16.HO2P/c1-2-9-17(10-3-1)19-14-6-7-15-21(19)22-16-8-12-18-11-4-5-13-20(18)22;1-3-2/h1-16H;(H,1,2). The molecule has 4 aromatic rings. The van der Waals surface area contributed by atoms with Gasteiger partial charge in [-0.05, 0) is 33.0 Å². The third kappa shape index (κ3) is 3.83. The lowest BCUT2D eigenvalue weighted by Crippen LogP contribution is -1.86. The summed E-state index contributed by atoms with van der Waals surface area (Å²) < 4.78 is 8.46. The van der Waals surface area contributed by atoms with Crippen LogP contribution in [0.2, 0.25) is 0 Å². The molecule has 0 unspecified atom stereocenters. The van der Waals surface area contributed by atoms with E-state index in [0.717, 1.165) is 0 Å². The molecule has 0 bridgehead atoms. The summed E-state index contributed by atoms with van der Waals surface area (Å²) in [6.07, 6.45) is 0. The first-order valence-corrected chi connectivity index (χ1v) is 8.71. The Balaban J connectivity index is 0.000000569. The van der Waals surface area contributed by atoms with Crippen LogP contribution in [0.3, 0.4) is 0 Å². The van der Waals surface area contributed by atoms with Gasteiger partial charge in [-0.3, -0.25) is 0 Å². The average molecular weight is 344 g/mol. The fraction of sp³-hybridized carbons (Fsp3) is 0. The van der Waals surface area contributed by atoms with E-state index in [-0.39, 0.29) is 0 Å². The Bertz CT molecular complexity index is 976. The van der Waals surface area contributed by atoms with Gasteiger partial charge in [-0.1, -0.05) is 97.1 Å². The molecule has 25 heavy (non-hydrogen) atoms. The van der Waals surface area contributed by atoms with E-state index in [4.69, 9.17) is 9.46 Å². The number of rotatable bonds is 2. The van der Waals surface area contributed by atoms with Crippen LogP contribution >= 0.6 is 8.69 Å². The maximum atomic E-state index is 8.46. The number of benzene rings is 4. The van der Waals surface area contributed by atoms with E-state index >= 15 is 0 Å². The maximum absolute atomic E-state index is 8.46. The molecule has 0 aliphatic rings. The third-order valence-corrected chi connectivity index (χ3v) is 4.09. The Morgan fingerprint density at radius 2 is 1.08 bits per heavy atom. The Morgan fingerprint density at radius 3 is 1.84 bits per heavy atom. The summed E-state index contributed by atoms with van der Waals surface area (Å²) >= 11 is 0. The summed E-state index contributed by atoms with van der Waals surface area (Å²) in [5.41, 5.74) is 5.11. The molecule has 4 aromatic carbocycles. The van der Waals surface area contributed by atoms with Crippen LogP contribution in [0.5, 0.6) is 0 Å². The van der Waals surface area contributed by atoms with Gasteiger partial charge in [-0.25, -0.2) is 4.57 Å². The topological polar surface area (TPSA) is 37.3 Å². The zero-order chi connectivity index (χ0) is 17.5. The van der Waals surface area contributed by atoms with Crippen molar-refractivity contribution in [2.24, 2.45) is 0 Å². The zero-order valence-electron chi connectivity index (χ0n) is 13.5. The maximum Gasteiger partial charge on any atom is 0.324 e. The number of hydrogen-bond acceptors (Lipinski definition) is 1. The van der Waals surface area contributed by atoms with E-state index in [1.807, 2.05) is 0 Å². The highest BCUT2D eigenvalue weighted by Gasteiger charge is 2.09. The fourth-order valence-electron chi connectivity index (χ4n) is 3.05. The highest BCUT2D eigenvalue weighted by Crippen LogP contribution is 2.35. The van der Waals surface area contributed by atoms with E-state index in [1.54, 1.807) is 0 Å². The number of fused-ring (bicyclic) bond motifs is 1. The molecule has 1 N–H and O–H groups in total. The summed E-state index contributed by atoms with van der Waals surface area (Å²) in [7, 11) is -0.833. The first-order valence-electron chi connectivity index (χ1n) is 7.94. The van der Waals surface area contributed by atoms with Crippen LogP contribution in [0.4, 0.5) is 0 Å². The Hall–Kier alpha value is -2.80. The summed E-state index contributed by atoms with van der Waals surface area (Å²) in [6.45, 7) is 0. The van der Waals surface area contributed by atoms with Gasteiger partial charge >= 0.3 is 8.69 Å². The number of hydrogen-bond donors (Lipinski definition) is 1. The Labute approximate surface area is 148 Å². The van der Waals surface area contributed by atoms with Crippen molar-refractivity contribution in [3.63, 3.8) is 0 Å². The van der Waals surface area contributed by atoms with Crippen LogP contribution in [0.1, 0.15) is 0 Å². The van der Waals surface area contributed by atoms with E-state index in [2.05, 4.69) is 97.1 Å². The summed E-state index contributed by atoms with van der Waals surface area (Å²) in [6, 6.07) is 34.3. The second-order valence-corrected chi connectivity index (χ2v) is 5.68. The van der Waals surface area contributed by atoms with Crippen molar-refractivity contribution in [3.8, 4) is 22.3 Å². The molecule has 0 saturated heterocycles. The van der Waals surface area contributed by atoms with Gasteiger partial charge in [0.05, 0.1) is 0 Å². The first kappa shape index (κ1) is 17.0. The fourth-order valence-corrected chi connectivity index (χ4v) is 3.05. The Morgan fingerprint density at radius 1 is 0.560 bits per heavy atom. The van der Waals surface area contributed by atoms with E-state index in [1.165, 1.54) is 33.0 Å². The van der Waals surface area contributed by atoms with Crippen molar-refractivity contribution in [2.45, 2.75) is 0 Å². The van der Waals surface area contributed by atoms with Crippen LogP contribution in [0.25, 0.3) is 33.0 Å². The normalized spacial score (nSPS) is 10.3. The van der Waals surface area contributed by atoms with Gasteiger partial charge in [-0.2, -0.15) is 0 Å². The van der Waals surface area contributed by atoms with Crippen molar-refractivity contribution >= 4 is 19.5 Å². The van der Waals surface area contributed by atoms with Crippen LogP contribution in [0.15, 0.2) is 97.1 Å². The van der Waals surface area contributed by atoms with E-state index in [9.17, 15) is 0 Å². The molecule has 0 aliphatic carbocycles. The second-order valence-electron chi connectivity index (χ2n) is 5.52. The first-order chi connectivity index (χ1) is 12.3. The predicted octanol–water partition coefficient (Wildman–Crippen LogP) is 6.36. The van der Waals surface area contributed by atoms with Crippen molar-refractivity contribution in [2.75, 3.05) is 0 Å². The van der Waals surface area contributed by atoms with E-state index < -0.39 is 8.69 Å². The molecule has 0 radical (unpaired) electrons. The summed E-state index contributed by atoms with van der Waals surface area (Å²) in [5, 5.41) is 2.58. The van der Waals surface area contributed by atoms with Gasteiger partial charge in [0.15, 0.2) is 0 Å². The van der Waals surface area contributed by atoms with E-state index in [0.29, 0.717) is 0 Å². The van der Waals surface area contributed by atoms with Gasteiger partial charge in [0.2, 0.25) is 0 Å².